The van der Waals surface area contributed by atoms with E-state index >= 15 is 0 Å². The Kier molecular flexibility index (Phi) is 5.54. The van der Waals surface area contributed by atoms with E-state index in [1.807, 2.05) is 43.3 Å². The first-order chi connectivity index (χ1) is 16.1. The normalized spacial score (nSPS) is 11.0. The highest BCUT2D eigenvalue weighted by atomic mass is 35.5. The van der Waals surface area contributed by atoms with Crippen LogP contribution in [0.2, 0.25) is 5.02 Å². The van der Waals surface area contributed by atoms with Crippen molar-refractivity contribution in [3.8, 4) is 11.3 Å². The van der Waals surface area contributed by atoms with Gasteiger partial charge in [-0.2, -0.15) is 0 Å². The van der Waals surface area contributed by atoms with Gasteiger partial charge in [0.2, 0.25) is 5.95 Å². The van der Waals surface area contributed by atoms with Gasteiger partial charge in [0.05, 0.1) is 28.3 Å². The summed E-state index contributed by atoms with van der Waals surface area (Å²) in [5, 5.41) is 8.32. The van der Waals surface area contributed by atoms with Crippen molar-refractivity contribution in [2.24, 2.45) is 0 Å². The zero-order chi connectivity index (χ0) is 22.8. The smallest absolute Gasteiger partial charge is 0.258 e. The first-order valence-corrected chi connectivity index (χ1v) is 10.7. The standard InChI is InChI=1S/C25H19ClN6O/c1-16-4-2-5-17(12-16)14-32-15-28-25(31-32)30-24(33)20-13-22(18-8-10-27-11-9-18)29-23-19(20)6-3-7-21(23)26/h2-13,15H,14H2,1H3,(H,30,31,33). The predicted molar refractivity (Wildman–Crippen MR) is 128 cm³/mol. The first-order valence-electron chi connectivity index (χ1n) is 10.3. The molecule has 33 heavy (non-hydrogen) atoms. The van der Waals surface area contributed by atoms with Crippen LogP contribution in [0.1, 0.15) is 21.5 Å². The fourth-order valence-corrected chi connectivity index (χ4v) is 3.88. The lowest BCUT2D eigenvalue weighted by atomic mass is 10.0. The number of nitrogens with zero attached hydrogens (tertiary/aromatic N) is 5. The minimum atomic E-state index is -0.340. The van der Waals surface area contributed by atoms with Gasteiger partial charge in [-0.3, -0.25) is 15.1 Å². The Balaban J connectivity index is 1.46. The van der Waals surface area contributed by atoms with Crippen LogP contribution in [-0.2, 0) is 6.54 Å². The van der Waals surface area contributed by atoms with E-state index in [1.54, 1.807) is 41.6 Å². The average molecular weight is 455 g/mol. The zero-order valence-electron chi connectivity index (χ0n) is 17.7. The second kappa shape index (κ2) is 8.80. The molecule has 0 bridgehead atoms. The summed E-state index contributed by atoms with van der Waals surface area (Å²) in [4.78, 5) is 26.2. The minimum absolute atomic E-state index is 0.227. The van der Waals surface area contributed by atoms with Crippen molar-refractivity contribution in [1.82, 2.24) is 24.7 Å². The van der Waals surface area contributed by atoms with Crippen molar-refractivity contribution in [3.63, 3.8) is 0 Å². The monoisotopic (exact) mass is 454 g/mol. The minimum Gasteiger partial charge on any atom is -0.289 e. The van der Waals surface area contributed by atoms with E-state index in [4.69, 9.17) is 11.6 Å². The molecule has 0 aliphatic rings. The largest absolute Gasteiger partial charge is 0.289 e. The van der Waals surface area contributed by atoms with Crippen LogP contribution in [0.5, 0.6) is 0 Å². The van der Waals surface area contributed by atoms with E-state index in [1.165, 1.54) is 5.56 Å². The fourth-order valence-electron chi connectivity index (χ4n) is 3.67. The molecule has 0 aliphatic heterocycles. The molecule has 0 unspecified atom stereocenters. The highest BCUT2D eigenvalue weighted by molar-refractivity contribution is 6.35. The molecule has 1 N–H and O–H groups in total. The van der Waals surface area contributed by atoms with Gasteiger partial charge in [0.15, 0.2) is 0 Å². The number of pyridine rings is 2. The maximum absolute atomic E-state index is 13.3. The SMILES string of the molecule is Cc1cccc(Cn2cnc(NC(=O)c3cc(-c4ccncc4)nc4c(Cl)cccc34)n2)c1. The van der Waals surface area contributed by atoms with Gasteiger partial charge in [0.1, 0.15) is 6.33 Å². The van der Waals surface area contributed by atoms with Crippen LogP contribution in [0, 0.1) is 6.92 Å². The van der Waals surface area contributed by atoms with Gasteiger partial charge in [0.25, 0.3) is 5.91 Å². The number of aromatic nitrogens is 5. The number of nitrogens with one attached hydrogen (secondary N) is 1. The molecule has 8 heteroatoms. The van der Waals surface area contributed by atoms with E-state index in [2.05, 4.69) is 31.4 Å². The zero-order valence-corrected chi connectivity index (χ0v) is 18.5. The van der Waals surface area contributed by atoms with Crippen LogP contribution in [0.25, 0.3) is 22.2 Å². The van der Waals surface area contributed by atoms with Gasteiger partial charge < -0.3 is 0 Å². The molecule has 1 amide bonds. The molecule has 0 fully saturated rings. The molecule has 5 rings (SSSR count). The van der Waals surface area contributed by atoms with Gasteiger partial charge in [0, 0.05) is 23.3 Å². The molecule has 0 spiro atoms. The first kappa shape index (κ1) is 20.8. The molecule has 0 atom stereocenters. The van der Waals surface area contributed by atoms with Crippen molar-refractivity contribution in [2.75, 3.05) is 5.32 Å². The summed E-state index contributed by atoms with van der Waals surface area (Å²) in [6.07, 6.45) is 4.96. The number of rotatable bonds is 5. The second-order valence-corrected chi connectivity index (χ2v) is 8.04. The molecule has 5 aromatic rings. The summed E-state index contributed by atoms with van der Waals surface area (Å²) >= 11 is 6.41. The Bertz CT molecular complexity index is 1460. The number of para-hydroxylation sites is 1. The number of anilines is 1. The van der Waals surface area contributed by atoms with Gasteiger partial charge in [-0.1, -0.05) is 53.6 Å². The van der Waals surface area contributed by atoms with E-state index in [-0.39, 0.29) is 11.9 Å². The molecule has 2 aromatic carbocycles. The quantitative estimate of drug-likeness (QED) is 0.397. The van der Waals surface area contributed by atoms with E-state index in [9.17, 15) is 4.79 Å². The maximum atomic E-state index is 13.3. The van der Waals surface area contributed by atoms with Crippen molar-refractivity contribution in [2.45, 2.75) is 13.5 Å². The summed E-state index contributed by atoms with van der Waals surface area (Å²) in [5.41, 5.74) is 4.73. The Morgan fingerprint density at radius 3 is 2.70 bits per heavy atom. The van der Waals surface area contributed by atoms with Crippen LogP contribution in [0.15, 0.2) is 79.4 Å². The summed E-state index contributed by atoms with van der Waals surface area (Å²) in [6, 6.07) is 19.0. The highest BCUT2D eigenvalue weighted by Crippen LogP contribution is 2.29. The molecular formula is C25H19ClN6O. The number of halogens is 1. The molecule has 0 saturated heterocycles. The lowest BCUT2D eigenvalue weighted by Crippen LogP contribution is -2.14. The second-order valence-electron chi connectivity index (χ2n) is 7.64. The third-order valence-electron chi connectivity index (χ3n) is 5.20. The lowest BCUT2D eigenvalue weighted by molar-refractivity contribution is 0.102. The van der Waals surface area contributed by atoms with Gasteiger partial charge in [-0.25, -0.2) is 14.6 Å². The van der Waals surface area contributed by atoms with E-state index in [0.717, 1.165) is 11.1 Å². The molecule has 162 valence electrons. The number of hydrogen-bond acceptors (Lipinski definition) is 5. The Labute approximate surface area is 195 Å². The van der Waals surface area contributed by atoms with Crippen LogP contribution in [-0.4, -0.2) is 30.6 Å². The van der Waals surface area contributed by atoms with Crippen LogP contribution < -0.4 is 5.32 Å². The Morgan fingerprint density at radius 1 is 1.06 bits per heavy atom. The summed E-state index contributed by atoms with van der Waals surface area (Å²) in [5.74, 6) is -0.113. The summed E-state index contributed by atoms with van der Waals surface area (Å²) in [6.45, 7) is 2.60. The van der Waals surface area contributed by atoms with Crippen LogP contribution in [0.4, 0.5) is 5.95 Å². The number of aryl methyl sites for hydroxylation is 1. The summed E-state index contributed by atoms with van der Waals surface area (Å²) in [7, 11) is 0. The molecule has 3 heterocycles. The number of amides is 1. The predicted octanol–water partition coefficient (Wildman–Crippen LogP) is 5.15. The third-order valence-corrected chi connectivity index (χ3v) is 5.50. The number of benzene rings is 2. The maximum Gasteiger partial charge on any atom is 0.258 e. The molecular weight excluding hydrogens is 436 g/mol. The van der Waals surface area contributed by atoms with Gasteiger partial charge in [-0.15, -0.1) is 5.10 Å². The average Bonchev–Trinajstić information content (AvgIpc) is 3.26. The van der Waals surface area contributed by atoms with Crippen LogP contribution >= 0.6 is 11.6 Å². The Hall–Kier alpha value is -4.10. The Morgan fingerprint density at radius 2 is 1.88 bits per heavy atom. The fraction of sp³-hybridized carbons (Fsp3) is 0.0800. The van der Waals surface area contributed by atoms with Crippen LogP contribution in [0.3, 0.4) is 0 Å². The van der Waals surface area contributed by atoms with Gasteiger partial charge >= 0.3 is 0 Å². The molecule has 0 saturated carbocycles. The molecule has 3 aromatic heterocycles. The van der Waals surface area contributed by atoms with Gasteiger partial charge in [-0.05, 0) is 36.8 Å². The molecule has 7 nitrogen and oxygen atoms in total. The molecule has 0 radical (unpaired) electrons. The highest BCUT2D eigenvalue weighted by Gasteiger charge is 2.17. The van der Waals surface area contributed by atoms with E-state index < -0.39 is 0 Å². The van der Waals surface area contributed by atoms with Crippen molar-refractivity contribution < 1.29 is 4.79 Å². The summed E-state index contributed by atoms with van der Waals surface area (Å²) < 4.78 is 1.69. The molecule has 0 aliphatic carbocycles. The number of hydrogen-bond donors (Lipinski definition) is 1. The van der Waals surface area contributed by atoms with Crippen molar-refractivity contribution in [1.29, 1.82) is 0 Å². The topological polar surface area (TPSA) is 85.6 Å². The number of carbonyl (C=O) groups is 1. The van der Waals surface area contributed by atoms with E-state index in [0.29, 0.717) is 33.7 Å². The lowest BCUT2D eigenvalue weighted by Gasteiger charge is -2.10. The number of carbonyl (C=O) groups excluding carboxylic acids is 1. The third kappa shape index (κ3) is 4.44. The van der Waals surface area contributed by atoms with Crippen molar-refractivity contribution >= 4 is 34.4 Å². The number of fused-ring (bicyclic) bond motifs is 1. The van der Waals surface area contributed by atoms with Crippen molar-refractivity contribution in [3.05, 3.63) is 101 Å².